The van der Waals surface area contributed by atoms with E-state index in [0.717, 1.165) is 25.9 Å². The fourth-order valence-corrected chi connectivity index (χ4v) is 2.62. The fraction of sp³-hybridized carbons (Fsp3) is 0.769. The summed E-state index contributed by atoms with van der Waals surface area (Å²) in [5.74, 6) is 0.698. The van der Waals surface area contributed by atoms with Crippen molar-refractivity contribution in [1.29, 1.82) is 0 Å². The Bertz CT molecular complexity index is 400. The summed E-state index contributed by atoms with van der Waals surface area (Å²) < 4.78 is 7.27. The molecular weight excluding hydrogens is 228 g/mol. The highest BCUT2D eigenvalue weighted by Gasteiger charge is 2.29. The van der Waals surface area contributed by atoms with Crippen LogP contribution in [0.4, 0.5) is 5.69 Å². The Morgan fingerprint density at radius 2 is 1.94 bits per heavy atom. The van der Waals surface area contributed by atoms with Crippen molar-refractivity contribution in [3.8, 4) is 5.88 Å². The first-order chi connectivity index (χ1) is 8.43. The predicted molar refractivity (Wildman–Crippen MR) is 72.8 cm³/mol. The number of nitrogens with zero attached hydrogens (tertiary/aromatic N) is 3. The van der Waals surface area contributed by atoms with Gasteiger partial charge in [-0.3, -0.25) is 4.90 Å². The van der Waals surface area contributed by atoms with E-state index in [-0.39, 0.29) is 5.54 Å². The summed E-state index contributed by atoms with van der Waals surface area (Å²) in [4.78, 5) is 2.52. The van der Waals surface area contributed by atoms with E-state index >= 15 is 0 Å². The average Bonchev–Trinajstić information content (AvgIpc) is 2.69. The van der Waals surface area contributed by atoms with Crippen molar-refractivity contribution in [2.24, 2.45) is 0 Å². The number of nitrogens with two attached hydrogens (primary N) is 1. The number of anilines is 1. The summed E-state index contributed by atoms with van der Waals surface area (Å²) in [5.41, 5.74) is 6.71. The smallest absolute Gasteiger partial charge is 0.235 e. The molecule has 0 bridgehead atoms. The third-order valence-corrected chi connectivity index (χ3v) is 3.73. The van der Waals surface area contributed by atoms with E-state index in [2.05, 4.69) is 30.8 Å². The molecule has 0 amide bonds. The summed E-state index contributed by atoms with van der Waals surface area (Å²) in [5, 5.41) is 4.35. The molecule has 0 spiro atoms. The zero-order valence-electron chi connectivity index (χ0n) is 11.8. The molecule has 1 aliphatic rings. The van der Waals surface area contributed by atoms with Crippen LogP contribution in [0.1, 0.15) is 39.7 Å². The number of aromatic nitrogens is 2. The van der Waals surface area contributed by atoms with Crippen LogP contribution in [0.5, 0.6) is 5.88 Å². The molecule has 1 aromatic heterocycles. The van der Waals surface area contributed by atoms with E-state index in [1.165, 1.54) is 0 Å². The third-order valence-electron chi connectivity index (χ3n) is 3.73. The van der Waals surface area contributed by atoms with E-state index in [1.807, 2.05) is 4.68 Å². The van der Waals surface area contributed by atoms with Gasteiger partial charge in [0.1, 0.15) is 5.69 Å². The van der Waals surface area contributed by atoms with Crippen molar-refractivity contribution >= 4 is 5.69 Å². The van der Waals surface area contributed by atoms with Gasteiger partial charge in [-0.15, -0.1) is 0 Å². The summed E-state index contributed by atoms with van der Waals surface area (Å²) in [6, 6.07) is 0.399. The lowest BCUT2D eigenvalue weighted by atomic mass is 9.98. The molecule has 2 N–H and O–H groups in total. The number of likely N-dealkylation sites (tertiary alicyclic amines) is 1. The van der Waals surface area contributed by atoms with Gasteiger partial charge in [-0.2, -0.15) is 5.10 Å². The van der Waals surface area contributed by atoms with Gasteiger partial charge in [0.15, 0.2) is 0 Å². The first-order valence-electron chi connectivity index (χ1n) is 6.55. The Hall–Kier alpha value is -1.23. The number of nitrogen functional groups attached to an aromatic ring is 1. The van der Waals surface area contributed by atoms with E-state index in [4.69, 9.17) is 10.5 Å². The molecule has 2 rings (SSSR count). The SMILES string of the molecule is COc1c(N)cnn1C1CCN(C(C)(C)C)CC1. The minimum atomic E-state index is 0.248. The first-order valence-corrected chi connectivity index (χ1v) is 6.55. The third kappa shape index (κ3) is 2.46. The predicted octanol–water partition coefficient (Wildman–Crippen LogP) is 1.91. The van der Waals surface area contributed by atoms with Gasteiger partial charge < -0.3 is 10.5 Å². The van der Waals surface area contributed by atoms with Crippen molar-refractivity contribution in [2.45, 2.75) is 45.2 Å². The van der Waals surface area contributed by atoms with E-state index < -0.39 is 0 Å². The molecule has 0 unspecified atom stereocenters. The number of methoxy groups -OCH3 is 1. The van der Waals surface area contributed by atoms with Crippen LogP contribution in [0, 0.1) is 0 Å². The topological polar surface area (TPSA) is 56.3 Å². The minimum Gasteiger partial charge on any atom is -0.480 e. The molecule has 5 nitrogen and oxygen atoms in total. The number of hydrogen-bond acceptors (Lipinski definition) is 4. The second-order valence-electron chi connectivity index (χ2n) is 5.94. The Morgan fingerprint density at radius 3 is 2.44 bits per heavy atom. The van der Waals surface area contributed by atoms with Gasteiger partial charge in [0.05, 0.1) is 19.3 Å². The Kier molecular flexibility index (Phi) is 3.52. The Balaban J connectivity index is 2.06. The maximum atomic E-state index is 5.84. The van der Waals surface area contributed by atoms with Crippen LogP contribution in [-0.4, -0.2) is 40.4 Å². The van der Waals surface area contributed by atoms with Crippen LogP contribution in [-0.2, 0) is 0 Å². The highest BCUT2D eigenvalue weighted by atomic mass is 16.5. The van der Waals surface area contributed by atoms with Crippen LogP contribution in [0.15, 0.2) is 6.20 Å². The lowest BCUT2D eigenvalue weighted by Crippen LogP contribution is -2.46. The second-order valence-corrected chi connectivity index (χ2v) is 5.94. The fourth-order valence-electron chi connectivity index (χ4n) is 2.62. The molecule has 0 atom stereocenters. The molecule has 0 aliphatic carbocycles. The molecule has 1 fully saturated rings. The van der Waals surface area contributed by atoms with E-state index in [1.54, 1.807) is 13.3 Å². The van der Waals surface area contributed by atoms with Gasteiger partial charge >= 0.3 is 0 Å². The van der Waals surface area contributed by atoms with Crippen molar-refractivity contribution in [3.05, 3.63) is 6.20 Å². The average molecular weight is 252 g/mol. The monoisotopic (exact) mass is 252 g/mol. The zero-order valence-corrected chi connectivity index (χ0v) is 11.8. The highest BCUT2D eigenvalue weighted by molar-refractivity contribution is 5.46. The van der Waals surface area contributed by atoms with E-state index in [0.29, 0.717) is 17.6 Å². The Labute approximate surface area is 109 Å². The van der Waals surface area contributed by atoms with Crippen LogP contribution >= 0.6 is 0 Å². The molecule has 1 aliphatic heterocycles. The lowest BCUT2D eigenvalue weighted by Gasteiger charge is -2.40. The van der Waals surface area contributed by atoms with Crippen molar-refractivity contribution in [2.75, 3.05) is 25.9 Å². The number of piperidine rings is 1. The maximum Gasteiger partial charge on any atom is 0.235 e. The molecule has 18 heavy (non-hydrogen) atoms. The second kappa shape index (κ2) is 4.80. The van der Waals surface area contributed by atoms with Gasteiger partial charge in [0.25, 0.3) is 0 Å². The maximum absolute atomic E-state index is 5.84. The molecule has 0 aromatic carbocycles. The number of ether oxygens (including phenoxy) is 1. The number of hydrogen-bond donors (Lipinski definition) is 1. The lowest BCUT2D eigenvalue weighted by molar-refractivity contribution is 0.0848. The van der Waals surface area contributed by atoms with Gasteiger partial charge in [0.2, 0.25) is 5.88 Å². The van der Waals surface area contributed by atoms with Crippen molar-refractivity contribution in [3.63, 3.8) is 0 Å². The molecule has 1 aromatic rings. The van der Waals surface area contributed by atoms with Gasteiger partial charge in [-0.1, -0.05) is 0 Å². The van der Waals surface area contributed by atoms with Crippen LogP contribution in [0.2, 0.25) is 0 Å². The normalized spacial score (nSPS) is 19.1. The van der Waals surface area contributed by atoms with Gasteiger partial charge in [0, 0.05) is 18.6 Å². The number of rotatable bonds is 2. The molecule has 0 saturated carbocycles. The molecule has 1 saturated heterocycles. The molecular formula is C13H24N4O. The summed E-state index contributed by atoms with van der Waals surface area (Å²) >= 11 is 0. The van der Waals surface area contributed by atoms with Gasteiger partial charge in [-0.25, -0.2) is 4.68 Å². The summed E-state index contributed by atoms with van der Waals surface area (Å²) in [7, 11) is 1.65. The molecule has 0 radical (unpaired) electrons. The Morgan fingerprint density at radius 1 is 1.33 bits per heavy atom. The highest BCUT2D eigenvalue weighted by Crippen LogP contribution is 2.31. The summed E-state index contributed by atoms with van der Waals surface area (Å²) in [6.07, 6.45) is 3.86. The van der Waals surface area contributed by atoms with Crippen LogP contribution in [0.25, 0.3) is 0 Å². The van der Waals surface area contributed by atoms with Crippen molar-refractivity contribution < 1.29 is 4.74 Å². The van der Waals surface area contributed by atoms with E-state index in [9.17, 15) is 0 Å². The summed E-state index contributed by atoms with van der Waals surface area (Å²) in [6.45, 7) is 8.98. The van der Waals surface area contributed by atoms with Gasteiger partial charge in [-0.05, 0) is 33.6 Å². The van der Waals surface area contributed by atoms with Crippen molar-refractivity contribution in [1.82, 2.24) is 14.7 Å². The molecule has 5 heteroatoms. The minimum absolute atomic E-state index is 0.248. The quantitative estimate of drug-likeness (QED) is 0.873. The first kappa shape index (κ1) is 13.2. The standard InChI is InChI=1S/C13H24N4O/c1-13(2,3)16-7-5-10(6-8-16)17-12(18-4)11(14)9-15-17/h9-10H,5-8,14H2,1-4H3. The molecule has 2 heterocycles. The van der Waals surface area contributed by atoms with Crippen LogP contribution in [0.3, 0.4) is 0 Å². The largest absolute Gasteiger partial charge is 0.480 e. The molecule has 102 valence electrons. The zero-order chi connectivity index (χ0) is 13.3. The van der Waals surface area contributed by atoms with Crippen LogP contribution < -0.4 is 10.5 Å².